The molecule has 0 aliphatic heterocycles. The molecule has 7 nitrogen and oxygen atoms in total. The standard InChI is InChI=1S/C13H16N2O5/c1-7-2-3-8(6-9(7)14)12(18)15-10(13(19)20)4-5-11(16)17/h2-3,6,10H,4-5,14H2,1H3,(H,15,18)(H,16,17)(H,19,20)/t10-/m0/s1. The molecule has 0 saturated heterocycles. The minimum absolute atomic E-state index is 0.183. The van der Waals surface area contributed by atoms with Crippen molar-refractivity contribution in [2.45, 2.75) is 25.8 Å². The average molecular weight is 280 g/mol. The second-order valence-corrected chi connectivity index (χ2v) is 4.37. The molecule has 0 unspecified atom stereocenters. The van der Waals surface area contributed by atoms with Crippen LogP contribution >= 0.6 is 0 Å². The summed E-state index contributed by atoms with van der Waals surface area (Å²) in [5.74, 6) is -3.00. The van der Waals surface area contributed by atoms with Crippen LogP contribution in [-0.2, 0) is 9.59 Å². The molecule has 0 fully saturated rings. The van der Waals surface area contributed by atoms with Crippen molar-refractivity contribution in [3.63, 3.8) is 0 Å². The number of nitrogens with two attached hydrogens (primary N) is 1. The lowest BCUT2D eigenvalue weighted by molar-refractivity contribution is -0.140. The number of carboxylic acids is 2. The zero-order valence-electron chi connectivity index (χ0n) is 10.9. The molecule has 7 heteroatoms. The summed E-state index contributed by atoms with van der Waals surface area (Å²) in [6, 6.07) is 3.37. The second-order valence-electron chi connectivity index (χ2n) is 4.37. The smallest absolute Gasteiger partial charge is 0.326 e. The van der Waals surface area contributed by atoms with Gasteiger partial charge in [0.1, 0.15) is 6.04 Å². The summed E-state index contributed by atoms with van der Waals surface area (Å²) in [4.78, 5) is 33.3. The Balaban J connectivity index is 2.77. The quantitative estimate of drug-likeness (QED) is 0.565. The fraction of sp³-hybridized carbons (Fsp3) is 0.308. The highest BCUT2D eigenvalue weighted by atomic mass is 16.4. The van der Waals surface area contributed by atoms with Crippen molar-refractivity contribution < 1.29 is 24.6 Å². The summed E-state index contributed by atoms with van der Waals surface area (Å²) in [5.41, 5.74) is 7.14. The van der Waals surface area contributed by atoms with E-state index in [-0.39, 0.29) is 18.4 Å². The van der Waals surface area contributed by atoms with Crippen molar-refractivity contribution in [1.82, 2.24) is 5.32 Å². The van der Waals surface area contributed by atoms with Gasteiger partial charge in [0.05, 0.1) is 0 Å². The zero-order chi connectivity index (χ0) is 15.3. The number of amides is 1. The van der Waals surface area contributed by atoms with Gasteiger partial charge >= 0.3 is 11.9 Å². The van der Waals surface area contributed by atoms with Gasteiger partial charge in [-0.25, -0.2) is 4.79 Å². The molecule has 0 spiro atoms. The number of rotatable bonds is 6. The zero-order valence-corrected chi connectivity index (χ0v) is 10.9. The van der Waals surface area contributed by atoms with Gasteiger partial charge < -0.3 is 21.3 Å². The first kappa shape index (κ1) is 15.5. The largest absolute Gasteiger partial charge is 0.481 e. The van der Waals surface area contributed by atoms with E-state index >= 15 is 0 Å². The maximum absolute atomic E-state index is 11.9. The first-order valence-corrected chi connectivity index (χ1v) is 5.93. The van der Waals surface area contributed by atoms with Gasteiger partial charge in [-0.05, 0) is 31.0 Å². The van der Waals surface area contributed by atoms with Crippen LogP contribution in [0, 0.1) is 6.92 Å². The topological polar surface area (TPSA) is 130 Å². The predicted octanol–water partition coefficient (Wildman–Crippen LogP) is 0.625. The monoisotopic (exact) mass is 280 g/mol. The lowest BCUT2D eigenvalue weighted by Crippen LogP contribution is -2.41. The van der Waals surface area contributed by atoms with Crippen molar-refractivity contribution in [2.75, 3.05) is 5.73 Å². The SMILES string of the molecule is Cc1ccc(C(=O)N[C@@H](CCC(=O)O)C(=O)O)cc1N. The number of nitrogens with one attached hydrogen (secondary N) is 1. The van der Waals surface area contributed by atoms with Crippen LogP contribution in [-0.4, -0.2) is 34.1 Å². The van der Waals surface area contributed by atoms with Gasteiger partial charge in [-0.15, -0.1) is 0 Å². The average Bonchev–Trinajstić information content (AvgIpc) is 2.36. The minimum atomic E-state index is -1.28. The van der Waals surface area contributed by atoms with Crippen LogP contribution in [0.2, 0.25) is 0 Å². The van der Waals surface area contributed by atoms with Crippen LogP contribution in [0.4, 0.5) is 5.69 Å². The Morgan fingerprint density at radius 1 is 1.30 bits per heavy atom. The van der Waals surface area contributed by atoms with Crippen molar-refractivity contribution in [2.24, 2.45) is 0 Å². The molecule has 0 saturated carbocycles. The number of carbonyl (C=O) groups is 3. The molecule has 0 aliphatic carbocycles. The van der Waals surface area contributed by atoms with Gasteiger partial charge in [0.25, 0.3) is 5.91 Å². The molecule has 0 aliphatic rings. The van der Waals surface area contributed by atoms with Crippen LogP contribution in [0.25, 0.3) is 0 Å². The Hall–Kier alpha value is -2.57. The first-order chi connectivity index (χ1) is 9.31. The molecule has 108 valence electrons. The summed E-state index contributed by atoms with van der Waals surface area (Å²) in [6.07, 6.45) is -0.523. The van der Waals surface area contributed by atoms with E-state index in [2.05, 4.69) is 5.32 Å². The van der Waals surface area contributed by atoms with E-state index in [1.165, 1.54) is 12.1 Å². The summed E-state index contributed by atoms with van der Waals surface area (Å²) < 4.78 is 0. The highest BCUT2D eigenvalue weighted by Gasteiger charge is 2.21. The number of hydrogen-bond donors (Lipinski definition) is 4. The first-order valence-electron chi connectivity index (χ1n) is 5.93. The Bertz CT molecular complexity index is 542. The van der Waals surface area contributed by atoms with Crippen LogP contribution in [0.15, 0.2) is 18.2 Å². The van der Waals surface area contributed by atoms with Gasteiger partial charge in [0.15, 0.2) is 0 Å². The van der Waals surface area contributed by atoms with Gasteiger partial charge in [0, 0.05) is 17.7 Å². The molecule has 0 heterocycles. The molecule has 0 aromatic heterocycles. The number of carboxylic acid groups (broad SMARTS) is 2. The lowest BCUT2D eigenvalue weighted by Gasteiger charge is -2.14. The Kier molecular flexibility index (Phi) is 5.08. The number of nitrogen functional groups attached to an aromatic ring is 1. The van der Waals surface area contributed by atoms with Crippen molar-refractivity contribution >= 4 is 23.5 Å². The van der Waals surface area contributed by atoms with Gasteiger partial charge in [0.2, 0.25) is 0 Å². The number of aliphatic carboxylic acids is 2. The molecule has 1 aromatic rings. The molecule has 1 atom stereocenters. The third kappa shape index (κ3) is 4.27. The molecule has 1 aromatic carbocycles. The number of hydrogen-bond acceptors (Lipinski definition) is 4. The summed E-state index contributed by atoms with van der Waals surface area (Å²) >= 11 is 0. The van der Waals surface area contributed by atoms with Gasteiger partial charge in [-0.1, -0.05) is 6.07 Å². The molecular weight excluding hydrogens is 264 g/mol. The predicted molar refractivity (Wildman–Crippen MR) is 71.4 cm³/mol. The Labute approximate surface area is 115 Å². The van der Waals surface area contributed by atoms with Gasteiger partial charge in [-0.3, -0.25) is 9.59 Å². The number of anilines is 1. The van der Waals surface area contributed by atoms with Crippen molar-refractivity contribution in [3.8, 4) is 0 Å². The molecule has 5 N–H and O–H groups in total. The van der Waals surface area contributed by atoms with Gasteiger partial charge in [-0.2, -0.15) is 0 Å². The fourth-order valence-electron chi connectivity index (χ4n) is 1.55. The maximum atomic E-state index is 11.9. The Morgan fingerprint density at radius 2 is 1.95 bits per heavy atom. The maximum Gasteiger partial charge on any atom is 0.326 e. The summed E-state index contributed by atoms with van der Waals surface area (Å²) in [6.45, 7) is 1.78. The van der Waals surface area contributed by atoms with E-state index in [0.717, 1.165) is 5.56 Å². The van der Waals surface area contributed by atoms with E-state index in [4.69, 9.17) is 15.9 Å². The van der Waals surface area contributed by atoms with E-state index in [0.29, 0.717) is 5.69 Å². The van der Waals surface area contributed by atoms with Crippen LogP contribution in [0.1, 0.15) is 28.8 Å². The number of benzene rings is 1. The second kappa shape index (κ2) is 6.55. The van der Waals surface area contributed by atoms with E-state index in [9.17, 15) is 14.4 Å². The number of carbonyl (C=O) groups excluding carboxylic acids is 1. The summed E-state index contributed by atoms with van der Waals surface area (Å²) in [5, 5.41) is 19.8. The van der Waals surface area contributed by atoms with Crippen molar-refractivity contribution in [1.29, 1.82) is 0 Å². The molecule has 1 amide bonds. The normalized spacial score (nSPS) is 11.7. The van der Waals surface area contributed by atoms with E-state index in [1.807, 2.05) is 0 Å². The van der Waals surface area contributed by atoms with E-state index < -0.39 is 23.9 Å². The van der Waals surface area contributed by atoms with Crippen LogP contribution < -0.4 is 11.1 Å². The highest BCUT2D eigenvalue weighted by molar-refractivity contribution is 5.97. The van der Waals surface area contributed by atoms with Crippen LogP contribution in [0.3, 0.4) is 0 Å². The fourth-order valence-corrected chi connectivity index (χ4v) is 1.55. The third-order valence-corrected chi connectivity index (χ3v) is 2.79. The van der Waals surface area contributed by atoms with Crippen LogP contribution in [0.5, 0.6) is 0 Å². The molecule has 20 heavy (non-hydrogen) atoms. The highest BCUT2D eigenvalue weighted by Crippen LogP contribution is 2.13. The lowest BCUT2D eigenvalue weighted by atomic mass is 10.1. The third-order valence-electron chi connectivity index (χ3n) is 2.79. The number of aryl methyl sites for hydroxylation is 1. The minimum Gasteiger partial charge on any atom is -0.481 e. The van der Waals surface area contributed by atoms with Crippen molar-refractivity contribution in [3.05, 3.63) is 29.3 Å². The molecular formula is C13H16N2O5. The molecule has 1 rings (SSSR count). The Morgan fingerprint density at radius 3 is 2.45 bits per heavy atom. The summed E-state index contributed by atoms with van der Waals surface area (Å²) in [7, 11) is 0. The molecule has 0 radical (unpaired) electrons. The van der Waals surface area contributed by atoms with E-state index in [1.54, 1.807) is 13.0 Å². The molecule has 0 bridgehead atoms.